The summed E-state index contributed by atoms with van der Waals surface area (Å²) in [5.41, 5.74) is 0.650. The second-order valence-electron chi connectivity index (χ2n) is 6.63. The third kappa shape index (κ3) is 4.06. The summed E-state index contributed by atoms with van der Waals surface area (Å²) in [6.45, 7) is -0.317. The third-order valence-electron chi connectivity index (χ3n) is 4.69. The van der Waals surface area contributed by atoms with E-state index in [1.807, 2.05) is 0 Å². The van der Waals surface area contributed by atoms with Gasteiger partial charge in [0.05, 0.1) is 23.1 Å². The average Bonchev–Trinajstić information content (AvgIpc) is 3.30. The first kappa shape index (κ1) is 20.1. The Morgan fingerprint density at radius 1 is 1.20 bits per heavy atom. The van der Waals surface area contributed by atoms with Gasteiger partial charge in [-0.25, -0.2) is 18.7 Å². The van der Waals surface area contributed by atoms with Gasteiger partial charge in [-0.1, -0.05) is 11.6 Å². The molecule has 2 aromatic heterocycles. The van der Waals surface area contributed by atoms with Crippen LogP contribution in [-0.4, -0.2) is 60.8 Å². The lowest BCUT2D eigenvalue weighted by molar-refractivity contribution is -0.0248. The van der Waals surface area contributed by atoms with Gasteiger partial charge in [-0.15, -0.1) is 9.90 Å². The van der Waals surface area contributed by atoms with E-state index in [1.165, 1.54) is 36.7 Å². The molecule has 1 atom stereocenters. The molecule has 1 N–H and O–H groups in total. The molecule has 1 saturated heterocycles. The summed E-state index contributed by atoms with van der Waals surface area (Å²) in [6, 6.07) is 4.57. The fraction of sp³-hybridized carbons (Fsp3) is 0.278. The van der Waals surface area contributed by atoms with E-state index in [1.54, 1.807) is 0 Å². The summed E-state index contributed by atoms with van der Waals surface area (Å²) in [5.74, 6) is -4.21. The molecule has 1 fully saturated rings. The van der Waals surface area contributed by atoms with Crippen LogP contribution in [0.5, 0.6) is 0 Å². The molecule has 0 bridgehead atoms. The summed E-state index contributed by atoms with van der Waals surface area (Å²) in [6.07, 6.45) is 3.19. The Kier molecular flexibility index (Phi) is 5.29. The van der Waals surface area contributed by atoms with Crippen molar-refractivity contribution >= 4 is 23.5 Å². The second-order valence-corrected chi connectivity index (χ2v) is 7.07. The molecule has 1 amide bonds. The van der Waals surface area contributed by atoms with Crippen molar-refractivity contribution in [3.05, 3.63) is 59.4 Å². The molecule has 1 aromatic carbocycles. The summed E-state index contributed by atoms with van der Waals surface area (Å²) in [7, 11) is 0. The number of nitrogens with zero attached hydrogens (tertiary/aromatic N) is 6. The summed E-state index contributed by atoms with van der Waals surface area (Å²) in [5, 5.41) is 10.3. The van der Waals surface area contributed by atoms with Gasteiger partial charge in [0.15, 0.2) is 0 Å². The van der Waals surface area contributed by atoms with Gasteiger partial charge in [-0.05, 0) is 24.3 Å². The number of hydrogen-bond acceptors (Lipinski definition) is 6. The Balaban J connectivity index is 1.49. The van der Waals surface area contributed by atoms with Crippen molar-refractivity contribution in [1.29, 1.82) is 0 Å². The van der Waals surface area contributed by atoms with Crippen LogP contribution in [-0.2, 0) is 0 Å². The largest absolute Gasteiger partial charge is 0.352 e. The molecule has 1 aliphatic rings. The molecule has 156 valence electrons. The van der Waals surface area contributed by atoms with Crippen molar-refractivity contribution in [2.45, 2.75) is 18.4 Å². The number of likely N-dealkylation sites (tertiary alicyclic amines) is 1. The highest BCUT2D eigenvalue weighted by atomic mass is 35.5. The van der Waals surface area contributed by atoms with Crippen molar-refractivity contribution in [2.24, 2.45) is 0 Å². The Bertz CT molecular complexity index is 1040. The molecule has 12 heteroatoms. The second kappa shape index (κ2) is 7.90. The lowest BCUT2D eigenvalue weighted by Gasteiger charge is -2.28. The molecule has 3 aromatic rings. The van der Waals surface area contributed by atoms with Crippen LogP contribution in [0.15, 0.2) is 42.9 Å². The summed E-state index contributed by atoms with van der Waals surface area (Å²) >= 11 is 5.71. The van der Waals surface area contributed by atoms with Crippen molar-refractivity contribution in [2.75, 3.05) is 18.4 Å². The molecule has 0 spiro atoms. The number of benzene rings is 1. The summed E-state index contributed by atoms with van der Waals surface area (Å²) in [4.78, 5) is 22.9. The van der Waals surface area contributed by atoms with Crippen molar-refractivity contribution in [3.63, 3.8) is 0 Å². The predicted octanol–water partition coefficient (Wildman–Crippen LogP) is 2.81. The van der Waals surface area contributed by atoms with Gasteiger partial charge in [0.1, 0.15) is 12.2 Å². The van der Waals surface area contributed by atoms with Crippen LogP contribution in [0.25, 0.3) is 5.69 Å². The number of nitrogens with one attached hydrogen (secondary N) is 1. The van der Waals surface area contributed by atoms with Gasteiger partial charge >= 0.3 is 0 Å². The van der Waals surface area contributed by atoms with E-state index >= 15 is 0 Å². The van der Waals surface area contributed by atoms with E-state index in [4.69, 9.17) is 11.6 Å². The van der Waals surface area contributed by atoms with Gasteiger partial charge in [-0.2, -0.15) is 9.49 Å². The maximum Gasteiger partial charge on any atom is 0.271 e. The van der Waals surface area contributed by atoms with Crippen LogP contribution in [0.2, 0.25) is 5.02 Å². The summed E-state index contributed by atoms with van der Waals surface area (Å²) < 4.78 is 41.9. The van der Waals surface area contributed by atoms with Gasteiger partial charge in [0.25, 0.3) is 17.8 Å². The number of hydrogen-bond donors (Lipinski definition) is 1. The van der Waals surface area contributed by atoms with E-state index in [-0.39, 0.29) is 24.6 Å². The first-order chi connectivity index (χ1) is 14.3. The van der Waals surface area contributed by atoms with E-state index in [9.17, 15) is 18.0 Å². The molecular formula is C18H15ClF3N7O. The van der Waals surface area contributed by atoms with Crippen molar-refractivity contribution in [1.82, 2.24) is 29.9 Å². The molecule has 0 saturated carbocycles. The zero-order valence-electron chi connectivity index (χ0n) is 15.3. The minimum atomic E-state index is -3.06. The van der Waals surface area contributed by atoms with Crippen molar-refractivity contribution < 1.29 is 18.0 Å². The fourth-order valence-corrected chi connectivity index (χ4v) is 3.28. The van der Waals surface area contributed by atoms with Gasteiger partial charge < -0.3 is 10.2 Å². The molecule has 0 aliphatic carbocycles. The highest BCUT2D eigenvalue weighted by molar-refractivity contribution is 6.30. The number of amides is 1. The number of halogens is 4. The molecule has 30 heavy (non-hydrogen) atoms. The van der Waals surface area contributed by atoms with E-state index < -0.39 is 30.2 Å². The number of aromatic nitrogens is 5. The molecular weight excluding hydrogens is 423 g/mol. The normalized spacial score (nSPS) is 17.9. The maximum atomic E-state index is 14.4. The van der Waals surface area contributed by atoms with E-state index in [0.717, 1.165) is 15.9 Å². The van der Waals surface area contributed by atoms with Gasteiger partial charge in [0.2, 0.25) is 5.95 Å². The van der Waals surface area contributed by atoms with Crippen LogP contribution in [0.3, 0.4) is 0 Å². The standard InChI is InChI=1S/C18H15ClF3N7O/c19-12-7-23-17(24-8-12)25-9-14-18(21,22)5-6-28(14)16(30)11-1-3-13(4-2-11)29-26-10-15(20)27-29/h1-4,7-8,10,14H,5-6,9H2,(H,23,24,25)/t14-/m1/s1. The Hall–Kier alpha value is -3.21. The average molecular weight is 438 g/mol. The zero-order valence-corrected chi connectivity index (χ0v) is 16.1. The van der Waals surface area contributed by atoms with Crippen LogP contribution >= 0.6 is 11.6 Å². The van der Waals surface area contributed by atoms with Gasteiger partial charge in [-0.3, -0.25) is 4.79 Å². The smallest absolute Gasteiger partial charge is 0.271 e. The Labute approximate surface area is 173 Å². The molecule has 0 unspecified atom stereocenters. The Morgan fingerprint density at radius 3 is 2.53 bits per heavy atom. The molecule has 8 nitrogen and oxygen atoms in total. The fourth-order valence-electron chi connectivity index (χ4n) is 3.19. The minimum absolute atomic E-state index is 0.0900. The van der Waals surface area contributed by atoms with Crippen LogP contribution in [0.4, 0.5) is 19.1 Å². The highest BCUT2D eigenvalue weighted by Crippen LogP contribution is 2.35. The lowest BCUT2D eigenvalue weighted by Crippen LogP contribution is -2.47. The molecule has 1 aliphatic heterocycles. The SMILES string of the molecule is O=C(c1ccc(-n2ncc(F)n2)cc1)N1CCC(F)(F)[C@H]1CNc1ncc(Cl)cn1. The van der Waals surface area contributed by atoms with Crippen molar-refractivity contribution in [3.8, 4) is 5.69 Å². The molecule has 4 rings (SSSR count). The minimum Gasteiger partial charge on any atom is -0.352 e. The maximum absolute atomic E-state index is 14.4. The lowest BCUT2D eigenvalue weighted by atomic mass is 10.1. The number of carbonyl (C=O) groups is 1. The van der Waals surface area contributed by atoms with Crippen LogP contribution in [0, 0.1) is 5.95 Å². The predicted molar refractivity (Wildman–Crippen MR) is 101 cm³/mol. The first-order valence-electron chi connectivity index (χ1n) is 8.92. The highest BCUT2D eigenvalue weighted by Gasteiger charge is 2.50. The monoisotopic (exact) mass is 437 g/mol. The number of anilines is 1. The van der Waals surface area contributed by atoms with Crippen LogP contribution in [0.1, 0.15) is 16.8 Å². The van der Waals surface area contributed by atoms with E-state index in [2.05, 4.69) is 25.5 Å². The number of rotatable bonds is 5. The molecule has 3 heterocycles. The zero-order chi connectivity index (χ0) is 21.3. The van der Waals surface area contributed by atoms with Gasteiger partial charge in [0, 0.05) is 25.1 Å². The third-order valence-corrected chi connectivity index (χ3v) is 4.89. The quantitative estimate of drug-likeness (QED) is 0.660. The molecule has 0 radical (unpaired) electrons. The topological polar surface area (TPSA) is 88.8 Å². The Morgan fingerprint density at radius 2 is 1.90 bits per heavy atom. The van der Waals surface area contributed by atoms with E-state index in [0.29, 0.717) is 10.7 Å². The first-order valence-corrected chi connectivity index (χ1v) is 9.30. The number of carbonyl (C=O) groups excluding carboxylic acids is 1. The van der Waals surface area contributed by atoms with Crippen LogP contribution < -0.4 is 5.32 Å². The number of alkyl halides is 2.